The molecule has 2 amide bonds. The maximum Gasteiger partial charge on any atom is 0.305 e. The number of hydrogen-bond donors (Lipinski definition) is 3. The van der Waals surface area contributed by atoms with E-state index in [9.17, 15) is 27.9 Å². The molecule has 0 radical (unpaired) electrons. The Labute approximate surface area is 246 Å². The van der Waals surface area contributed by atoms with Gasteiger partial charge >= 0.3 is 5.92 Å². The van der Waals surface area contributed by atoms with Crippen molar-refractivity contribution in [2.45, 2.75) is 51.2 Å². The second kappa shape index (κ2) is 10.9. The Morgan fingerprint density at radius 3 is 2.66 bits per heavy atom. The average molecular weight is 610 g/mol. The molecule has 1 aliphatic heterocycles. The summed E-state index contributed by atoms with van der Waals surface area (Å²) in [5.41, 5.74) is 8.24. The number of amides is 2. The van der Waals surface area contributed by atoms with Gasteiger partial charge in [-0.3, -0.25) is 14.3 Å². The Morgan fingerprint density at radius 1 is 1.16 bits per heavy atom. The highest BCUT2D eigenvalue weighted by Crippen LogP contribution is 2.29. The molecule has 4 N–H and O–H groups in total. The van der Waals surface area contributed by atoms with E-state index in [1.165, 1.54) is 16.9 Å². The minimum absolute atomic E-state index is 0.0185. The molecule has 17 heteroatoms. The summed E-state index contributed by atoms with van der Waals surface area (Å²) in [6, 6.07) is 7.16. The van der Waals surface area contributed by atoms with E-state index >= 15 is 0 Å². The van der Waals surface area contributed by atoms with Crippen LogP contribution < -0.4 is 11.1 Å². The predicted octanol–water partition coefficient (Wildman–Crippen LogP) is 1.88. The molecule has 3 atom stereocenters. The fourth-order valence-electron chi connectivity index (χ4n) is 5.18. The summed E-state index contributed by atoms with van der Waals surface area (Å²) >= 11 is 0. The molecular weight excluding hydrogens is 583 g/mol. The van der Waals surface area contributed by atoms with Crippen molar-refractivity contribution in [3.8, 4) is 11.1 Å². The lowest BCUT2D eigenvalue weighted by atomic mass is 10.0. The topological polar surface area (TPSA) is 182 Å². The lowest BCUT2D eigenvalue weighted by Crippen LogP contribution is -2.44. The monoisotopic (exact) mass is 609 g/mol. The van der Waals surface area contributed by atoms with Crippen LogP contribution in [-0.4, -0.2) is 80.1 Å². The number of rotatable bonds is 7. The van der Waals surface area contributed by atoms with Crippen LogP contribution in [0.4, 0.5) is 19.0 Å². The SMILES string of the molecule is Cc1cc(NC(=O)[C@@H]2C[C@@H](F)CN2C(=O)Cn2nc(C(N)O)c3cc(-c4ccnnc4)ccc32)n2nc(C(C)(F)F)nc2n1. The van der Waals surface area contributed by atoms with Gasteiger partial charge in [-0.15, -0.1) is 5.10 Å². The largest absolute Gasteiger partial charge is 0.373 e. The van der Waals surface area contributed by atoms with E-state index in [0.717, 1.165) is 20.5 Å². The minimum Gasteiger partial charge on any atom is -0.373 e. The second-order valence-corrected chi connectivity index (χ2v) is 10.6. The van der Waals surface area contributed by atoms with Gasteiger partial charge in [-0.1, -0.05) is 6.07 Å². The van der Waals surface area contributed by atoms with Crippen molar-refractivity contribution in [3.63, 3.8) is 0 Å². The number of likely N-dealkylation sites (tertiary alicyclic amines) is 1. The molecule has 14 nitrogen and oxygen atoms in total. The fourth-order valence-corrected chi connectivity index (χ4v) is 5.18. The normalized spacial score (nSPS) is 17.8. The molecule has 4 aromatic heterocycles. The third kappa shape index (κ3) is 5.42. The number of aliphatic hydroxyl groups is 1. The zero-order chi connectivity index (χ0) is 31.3. The lowest BCUT2D eigenvalue weighted by Gasteiger charge is -2.24. The third-order valence-electron chi connectivity index (χ3n) is 7.22. The molecule has 1 saturated heterocycles. The van der Waals surface area contributed by atoms with Crippen LogP contribution in [0, 0.1) is 6.92 Å². The Bertz CT molecular complexity index is 1890. The summed E-state index contributed by atoms with van der Waals surface area (Å²) in [5.74, 6) is -5.68. The molecule has 1 fully saturated rings. The van der Waals surface area contributed by atoms with Gasteiger partial charge in [0, 0.05) is 36.1 Å². The van der Waals surface area contributed by atoms with Crippen LogP contribution in [0.3, 0.4) is 0 Å². The second-order valence-electron chi connectivity index (χ2n) is 10.6. The first-order valence-corrected chi connectivity index (χ1v) is 13.5. The number of aliphatic hydroxyl groups excluding tert-OH is 1. The number of nitrogens with one attached hydrogen (secondary N) is 1. The van der Waals surface area contributed by atoms with E-state index in [2.05, 4.69) is 35.7 Å². The molecular formula is C27H26F3N11O3. The molecule has 1 aromatic carbocycles. The first-order chi connectivity index (χ1) is 20.9. The lowest BCUT2D eigenvalue weighted by molar-refractivity contribution is -0.137. The van der Waals surface area contributed by atoms with Gasteiger partial charge in [-0.05, 0) is 30.7 Å². The smallest absolute Gasteiger partial charge is 0.305 e. The average Bonchev–Trinajstić information content (AvgIpc) is 3.68. The quantitative estimate of drug-likeness (QED) is 0.230. The van der Waals surface area contributed by atoms with E-state index in [1.807, 2.05) is 0 Å². The maximum atomic E-state index is 14.7. The van der Waals surface area contributed by atoms with Crippen LogP contribution in [0.25, 0.3) is 27.8 Å². The molecule has 0 bridgehead atoms. The van der Waals surface area contributed by atoms with Gasteiger partial charge in [0.1, 0.15) is 36.5 Å². The number of carbonyl (C=O) groups is 2. The third-order valence-corrected chi connectivity index (χ3v) is 7.22. The van der Waals surface area contributed by atoms with E-state index in [0.29, 0.717) is 23.5 Å². The first kappa shape index (κ1) is 29.1. The van der Waals surface area contributed by atoms with Gasteiger partial charge in [-0.25, -0.2) is 9.37 Å². The molecule has 6 rings (SSSR count). The number of alkyl halides is 3. The summed E-state index contributed by atoms with van der Waals surface area (Å²) in [6.07, 6.45) is -0.120. The Kier molecular flexibility index (Phi) is 7.21. The number of aryl methyl sites for hydroxylation is 1. The Morgan fingerprint density at radius 2 is 1.95 bits per heavy atom. The summed E-state index contributed by atoms with van der Waals surface area (Å²) < 4.78 is 44.7. The van der Waals surface area contributed by atoms with E-state index in [4.69, 9.17) is 5.73 Å². The first-order valence-electron chi connectivity index (χ1n) is 13.5. The van der Waals surface area contributed by atoms with Gasteiger partial charge in [0.25, 0.3) is 5.78 Å². The van der Waals surface area contributed by atoms with Crippen molar-refractivity contribution < 1.29 is 27.9 Å². The Hall–Kier alpha value is -5.03. The number of nitrogens with zero attached hydrogens (tertiary/aromatic N) is 9. The minimum atomic E-state index is -3.35. The van der Waals surface area contributed by atoms with Gasteiger partial charge in [0.15, 0.2) is 0 Å². The van der Waals surface area contributed by atoms with Crippen LogP contribution in [0.1, 0.15) is 36.8 Å². The van der Waals surface area contributed by atoms with Crippen molar-refractivity contribution in [1.29, 1.82) is 0 Å². The predicted molar refractivity (Wildman–Crippen MR) is 149 cm³/mol. The number of benzene rings is 1. The van der Waals surface area contributed by atoms with Crippen molar-refractivity contribution in [1.82, 2.24) is 44.5 Å². The summed E-state index contributed by atoms with van der Waals surface area (Å²) in [7, 11) is 0. The Balaban J connectivity index is 1.26. The number of carbonyl (C=O) groups excluding carboxylic acids is 2. The summed E-state index contributed by atoms with van der Waals surface area (Å²) in [6.45, 7) is 1.48. The van der Waals surface area contributed by atoms with E-state index in [1.54, 1.807) is 37.4 Å². The maximum absolute atomic E-state index is 14.7. The molecule has 0 spiro atoms. The molecule has 5 heterocycles. The van der Waals surface area contributed by atoms with Crippen molar-refractivity contribution in [2.75, 3.05) is 11.9 Å². The van der Waals surface area contributed by atoms with Crippen LogP contribution in [0.2, 0.25) is 0 Å². The zero-order valence-corrected chi connectivity index (χ0v) is 23.4. The molecule has 0 aliphatic carbocycles. The summed E-state index contributed by atoms with van der Waals surface area (Å²) in [5, 5.41) is 29.0. The van der Waals surface area contributed by atoms with Gasteiger partial charge in [0.2, 0.25) is 17.6 Å². The fraction of sp³-hybridized carbons (Fsp3) is 0.333. The van der Waals surface area contributed by atoms with Crippen LogP contribution in [0.5, 0.6) is 0 Å². The summed E-state index contributed by atoms with van der Waals surface area (Å²) in [4.78, 5) is 35.8. The molecule has 228 valence electrons. The number of hydrogen-bond acceptors (Lipinski definition) is 10. The van der Waals surface area contributed by atoms with Crippen LogP contribution in [0.15, 0.2) is 42.7 Å². The van der Waals surface area contributed by atoms with E-state index in [-0.39, 0.29) is 36.8 Å². The molecule has 1 aliphatic rings. The number of aromatic nitrogens is 8. The van der Waals surface area contributed by atoms with Crippen LogP contribution in [-0.2, 0) is 22.1 Å². The van der Waals surface area contributed by atoms with Crippen molar-refractivity contribution in [2.24, 2.45) is 5.73 Å². The van der Waals surface area contributed by atoms with Crippen molar-refractivity contribution >= 4 is 34.3 Å². The molecule has 5 aromatic rings. The number of anilines is 1. The highest BCUT2D eigenvalue weighted by atomic mass is 19.3. The number of fused-ring (bicyclic) bond motifs is 2. The van der Waals surface area contributed by atoms with Gasteiger partial charge in [0.05, 0.1) is 24.5 Å². The highest BCUT2D eigenvalue weighted by molar-refractivity contribution is 5.97. The highest BCUT2D eigenvalue weighted by Gasteiger charge is 2.40. The molecule has 0 saturated carbocycles. The zero-order valence-electron chi connectivity index (χ0n) is 23.4. The number of halogens is 3. The number of nitrogens with two attached hydrogens (primary N) is 1. The van der Waals surface area contributed by atoms with Crippen LogP contribution >= 0.6 is 0 Å². The van der Waals surface area contributed by atoms with Crippen molar-refractivity contribution in [3.05, 3.63) is 59.9 Å². The van der Waals surface area contributed by atoms with Gasteiger partial charge < -0.3 is 21.1 Å². The van der Waals surface area contributed by atoms with E-state index < -0.39 is 42.0 Å². The van der Waals surface area contributed by atoms with Gasteiger partial charge in [-0.2, -0.15) is 33.6 Å². The molecule has 44 heavy (non-hydrogen) atoms. The molecule has 1 unspecified atom stereocenters. The standard InChI is InChI=1S/C27H26F3N11O3/c1-13-7-20(41-26(34-13)36-25(38-41)27(2,29)30)35-24(44)19-9-16(28)11-39(19)21(42)12-40-18-4-3-14(15-5-6-32-33-10-15)8-17(18)22(37-40)23(31)43/h3-8,10,16,19,23,43H,9,11-12,31H2,1-2H3,(H,35,44)/t16-,19+,23?/m1/s1.